The third-order valence-corrected chi connectivity index (χ3v) is 7.25. The molecule has 0 fully saturated rings. The van der Waals surface area contributed by atoms with E-state index in [-0.39, 0.29) is 35.6 Å². The normalized spacial score (nSPS) is 12.0. The van der Waals surface area contributed by atoms with Crippen molar-refractivity contribution in [3.63, 3.8) is 0 Å². The molecule has 0 atom stereocenters. The van der Waals surface area contributed by atoms with Crippen LogP contribution >= 0.6 is 0 Å². The predicted octanol–water partition coefficient (Wildman–Crippen LogP) is 6.80. The van der Waals surface area contributed by atoms with E-state index in [1.165, 1.54) is 0 Å². The first kappa shape index (κ1) is 35.3. The molecule has 2 aromatic rings. The molecule has 0 bridgehead atoms. The Kier molecular flexibility index (Phi) is 13.5. The zero-order valence-corrected chi connectivity index (χ0v) is 27.0. The van der Waals surface area contributed by atoms with Gasteiger partial charge in [0.05, 0.1) is 19.8 Å². The van der Waals surface area contributed by atoms with Crippen LogP contribution in [0.5, 0.6) is 11.5 Å². The fraction of sp³-hybridized carbons (Fsp3) is 0.600. The highest BCUT2D eigenvalue weighted by Crippen LogP contribution is 2.35. The van der Waals surface area contributed by atoms with Crippen LogP contribution in [0, 0.1) is 13.8 Å². The second-order valence-electron chi connectivity index (χ2n) is 13.2. The minimum absolute atomic E-state index is 0.161. The van der Waals surface area contributed by atoms with Gasteiger partial charge in [-0.05, 0) is 77.3 Å². The molecule has 7 nitrogen and oxygen atoms in total. The quantitative estimate of drug-likeness (QED) is 0.165. The van der Waals surface area contributed by atoms with Crippen molar-refractivity contribution in [1.82, 2.24) is 0 Å². The Labute approximate surface area is 252 Å². The van der Waals surface area contributed by atoms with Crippen LogP contribution in [0.3, 0.4) is 0 Å². The monoisotopic (exact) mass is 584 g/mol. The summed E-state index contributed by atoms with van der Waals surface area (Å²) < 4.78 is 16.3. The van der Waals surface area contributed by atoms with Gasteiger partial charge in [0.25, 0.3) is 0 Å². The summed E-state index contributed by atoms with van der Waals surface area (Å²) in [6.07, 6.45) is 3.09. The van der Waals surface area contributed by atoms with Crippen molar-refractivity contribution in [3.8, 4) is 11.5 Å². The number of aromatic hydroxyl groups is 2. The van der Waals surface area contributed by atoms with E-state index in [4.69, 9.17) is 14.2 Å². The zero-order chi connectivity index (χ0) is 31.5. The van der Waals surface area contributed by atoms with E-state index in [1.807, 2.05) is 38.1 Å². The summed E-state index contributed by atoms with van der Waals surface area (Å²) in [5.41, 5.74) is 5.17. The van der Waals surface area contributed by atoms with E-state index in [2.05, 4.69) is 41.5 Å². The number of hydrogen-bond acceptors (Lipinski definition) is 7. The van der Waals surface area contributed by atoms with Gasteiger partial charge in [-0.15, -0.1) is 0 Å². The summed E-state index contributed by atoms with van der Waals surface area (Å²) in [5, 5.41) is 20.7. The van der Waals surface area contributed by atoms with Gasteiger partial charge in [-0.25, -0.2) is 0 Å². The fourth-order valence-corrected chi connectivity index (χ4v) is 4.78. The number of ether oxygens (including phenoxy) is 3. The van der Waals surface area contributed by atoms with Crippen LogP contribution in [0.25, 0.3) is 0 Å². The number of aryl methyl sites for hydroxylation is 4. The summed E-state index contributed by atoms with van der Waals surface area (Å²) >= 11 is 0. The van der Waals surface area contributed by atoms with Crippen LogP contribution < -0.4 is 0 Å². The number of carbonyl (C=O) groups is 2. The third-order valence-electron chi connectivity index (χ3n) is 7.25. The topological polar surface area (TPSA) is 102 Å². The molecule has 0 radical (unpaired) electrons. The van der Waals surface area contributed by atoms with E-state index in [0.29, 0.717) is 70.0 Å². The first-order valence-electron chi connectivity index (χ1n) is 15.1. The van der Waals surface area contributed by atoms with Gasteiger partial charge in [-0.1, -0.05) is 65.8 Å². The molecule has 0 aliphatic carbocycles. The Hall–Kier alpha value is -2.90. The summed E-state index contributed by atoms with van der Waals surface area (Å²) in [5.74, 6) is 0.578. The third kappa shape index (κ3) is 11.8. The maximum absolute atomic E-state index is 12.3. The minimum atomic E-state index is -0.280. The van der Waals surface area contributed by atoms with Gasteiger partial charge in [0.15, 0.2) is 0 Å². The molecule has 42 heavy (non-hydrogen) atoms. The summed E-state index contributed by atoms with van der Waals surface area (Å²) in [4.78, 5) is 24.5. The van der Waals surface area contributed by atoms with Gasteiger partial charge in [0, 0.05) is 25.9 Å². The van der Waals surface area contributed by atoms with Gasteiger partial charge in [0.2, 0.25) is 0 Å². The highest BCUT2D eigenvalue weighted by Gasteiger charge is 2.21. The molecule has 0 aliphatic heterocycles. The molecule has 0 heterocycles. The number of ketones is 1. The number of phenols is 2. The fourth-order valence-electron chi connectivity index (χ4n) is 4.78. The Morgan fingerprint density at radius 3 is 1.60 bits per heavy atom. The zero-order valence-electron chi connectivity index (χ0n) is 27.0. The molecule has 7 heteroatoms. The Morgan fingerprint density at radius 2 is 1.10 bits per heavy atom. The number of phenolic OH excluding ortho intramolecular Hbond substituents is 2. The first-order valence-corrected chi connectivity index (χ1v) is 15.1. The first-order chi connectivity index (χ1) is 19.6. The van der Waals surface area contributed by atoms with Crippen molar-refractivity contribution in [1.29, 1.82) is 0 Å². The summed E-state index contributed by atoms with van der Waals surface area (Å²) in [6, 6.07) is 7.86. The standard InChI is InChI=1S/C35H52O7/c1-24-20-26(22-29(32(24)38)34(3,4)5)11-13-28(36)10-9-15-40-16-17-41-18-19-42-31(37)14-12-27-21-25(2)33(39)30(23-27)35(6,7)8/h20-23,38-39H,9-19H2,1-8H3. The highest BCUT2D eigenvalue weighted by molar-refractivity contribution is 5.78. The smallest absolute Gasteiger partial charge is 0.306 e. The van der Waals surface area contributed by atoms with E-state index >= 15 is 0 Å². The van der Waals surface area contributed by atoms with Crippen molar-refractivity contribution in [2.45, 2.75) is 105 Å². The molecule has 0 spiro atoms. The number of Topliss-reactive ketones (excluding diaryl/α,β-unsaturated/α-hetero) is 1. The molecular weight excluding hydrogens is 532 g/mol. The largest absolute Gasteiger partial charge is 0.507 e. The van der Waals surface area contributed by atoms with Gasteiger partial charge < -0.3 is 24.4 Å². The average Bonchev–Trinajstić information content (AvgIpc) is 2.89. The van der Waals surface area contributed by atoms with Gasteiger partial charge in [-0.2, -0.15) is 0 Å². The van der Waals surface area contributed by atoms with Crippen LogP contribution in [-0.4, -0.2) is 55.0 Å². The number of esters is 1. The van der Waals surface area contributed by atoms with Gasteiger partial charge in [0.1, 0.15) is 23.9 Å². The SMILES string of the molecule is Cc1cc(CCC(=O)CCCOCCOCCOC(=O)CCc2cc(C)c(O)c(C(C)(C)C)c2)cc(C(C)(C)C)c1O. The molecule has 234 valence electrons. The molecule has 0 amide bonds. The van der Waals surface area contributed by atoms with Gasteiger partial charge >= 0.3 is 5.97 Å². The van der Waals surface area contributed by atoms with Crippen LogP contribution in [0.15, 0.2) is 24.3 Å². The highest BCUT2D eigenvalue weighted by atomic mass is 16.6. The van der Waals surface area contributed by atoms with Crippen molar-refractivity contribution < 1.29 is 34.0 Å². The molecule has 2 aromatic carbocycles. The number of rotatable bonds is 16. The lowest BCUT2D eigenvalue weighted by Crippen LogP contribution is -2.14. The van der Waals surface area contributed by atoms with Crippen LogP contribution in [0.1, 0.15) is 101 Å². The van der Waals surface area contributed by atoms with Crippen molar-refractivity contribution >= 4 is 11.8 Å². The van der Waals surface area contributed by atoms with E-state index in [0.717, 1.165) is 33.4 Å². The van der Waals surface area contributed by atoms with Crippen LogP contribution in [0.4, 0.5) is 0 Å². The molecule has 0 saturated carbocycles. The molecule has 0 saturated heterocycles. The Bertz CT molecular complexity index is 1090. The van der Waals surface area contributed by atoms with Crippen molar-refractivity contribution in [2.24, 2.45) is 0 Å². The predicted molar refractivity (Wildman–Crippen MR) is 167 cm³/mol. The lowest BCUT2D eigenvalue weighted by atomic mass is 9.83. The second-order valence-corrected chi connectivity index (χ2v) is 13.2. The van der Waals surface area contributed by atoms with Crippen LogP contribution in [-0.2, 0) is 47.5 Å². The Balaban J connectivity index is 1.53. The maximum atomic E-state index is 12.3. The summed E-state index contributed by atoms with van der Waals surface area (Å²) in [6.45, 7) is 17.9. The van der Waals surface area contributed by atoms with E-state index in [9.17, 15) is 19.8 Å². The van der Waals surface area contributed by atoms with Gasteiger partial charge in [-0.3, -0.25) is 9.59 Å². The molecule has 2 N–H and O–H groups in total. The van der Waals surface area contributed by atoms with Crippen LogP contribution in [0.2, 0.25) is 0 Å². The number of carbonyl (C=O) groups excluding carboxylic acids is 2. The summed E-state index contributed by atoms with van der Waals surface area (Å²) in [7, 11) is 0. The Morgan fingerprint density at radius 1 is 0.643 bits per heavy atom. The van der Waals surface area contributed by atoms with E-state index in [1.54, 1.807) is 0 Å². The molecular formula is C35H52O7. The molecule has 2 rings (SSSR count). The molecule has 0 unspecified atom stereocenters. The second kappa shape index (κ2) is 16.1. The lowest BCUT2D eigenvalue weighted by molar-refractivity contribution is -0.145. The molecule has 0 aliphatic rings. The lowest BCUT2D eigenvalue weighted by Gasteiger charge is -2.22. The number of hydrogen-bond donors (Lipinski definition) is 2. The average molecular weight is 585 g/mol. The maximum Gasteiger partial charge on any atom is 0.306 e. The number of benzene rings is 2. The van der Waals surface area contributed by atoms with Crippen molar-refractivity contribution in [3.05, 3.63) is 57.6 Å². The van der Waals surface area contributed by atoms with Crippen molar-refractivity contribution in [2.75, 3.05) is 33.0 Å². The van der Waals surface area contributed by atoms with E-state index < -0.39 is 0 Å². The minimum Gasteiger partial charge on any atom is -0.507 e. The molecule has 0 aromatic heterocycles.